The van der Waals surface area contributed by atoms with Crippen molar-refractivity contribution in [3.8, 4) is 11.5 Å². The average molecular weight is 319 g/mol. The lowest BCUT2D eigenvalue weighted by Gasteiger charge is -2.28. The highest BCUT2D eigenvalue weighted by atomic mass is 35.5. The molecule has 0 spiro atoms. The summed E-state index contributed by atoms with van der Waals surface area (Å²) in [5, 5.41) is 6.60. The second kappa shape index (κ2) is 5.77. The summed E-state index contributed by atoms with van der Waals surface area (Å²) in [7, 11) is 3.07. The molecule has 0 aliphatic carbocycles. The van der Waals surface area contributed by atoms with Crippen LogP contribution in [0.2, 0.25) is 5.02 Å². The van der Waals surface area contributed by atoms with Crippen molar-refractivity contribution in [1.29, 1.82) is 0 Å². The van der Waals surface area contributed by atoms with Crippen LogP contribution in [0, 0.1) is 0 Å². The van der Waals surface area contributed by atoms with Crippen LogP contribution in [0.25, 0.3) is 0 Å². The molecule has 2 N–H and O–H groups in total. The number of halogens is 1. The third-order valence-electron chi connectivity index (χ3n) is 3.54. The molecule has 1 heterocycles. The summed E-state index contributed by atoms with van der Waals surface area (Å²) < 4.78 is 10.5. The maximum atomic E-state index is 12.2. The largest absolute Gasteiger partial charge is 0.493 e. The van der Waals surface area contributed by atoms with E-state index in [0.29, 0.717) is 22.1 Å². The molecule has 5 nitrogen and oxygen atoms in total. The molecule has 1 aliphatic heterocycles. The number of anilines is 1. The molecule has 1 atom stereocenters. The molecule has 0 saturated carbocycles. The minimum absolute atomic E-state index is 0.134. The van der Waals surface area contributed by atoms with E-state index in [4.69, 9.17) is 21.1 Å². The number of nitrogens with one attached hydrogen (secondary N) is 2. The average Bonchev–Trinajstić information content (AvgIpc) is 2.54. The molecule has 1 amide bonds. The number of amides is 1. The fourth-order valence-electron chi connectivity index (χ4n) is 2.48. The first kappa shape index (κ1) is 14.5. The van der Waals surface area contributed by atoms with Crippen LogP contribution < -0.4 is 20.1 Å². The van der Waals surface area contributed by atoms with Crippen molar-refractivity contribution in [3.63, 3.8) is 0 Å². The van der Waals surface area contributed by atoms with E-state index in [2.05, 4.69) is 10.6 Å². The van der Waals surface area contributed by atoms with Crippen molar-refractivity contribution in [2.75, 3.05) is 19.5 Å². The van der Waals surface area contributed by atoms with Gasteiger partial charge in [0.05, 0.1) is 24.8 Å². The molecule has 22 heavy (non-hydrogen) atoms. The molecule has 3 rings (SSSR count). The maximum Gasteiger partial charge on any atom is 0.255 e. The van der Waals surface area contributed by atoms with E-state index in [-0.39, 0.29) is 12.1 Å². The van der Waals surface area contributed by atoms with Crippen LogP contribution in [0.1, 0.15) is 22.1 Å². The number of carbonyl (C=O) groups is 1. The van der Waals surface area contributed by atoms with E-state index in [1.54, 1.807) is 25.3 Å². The molecule has 1 unspecified atom stereocenters. The summed E-state index contributed by atoms with van der Waals surface area (Å²) >= 11 is 6.22. The zero-order valence-electron chi connectivity index (χ0n) is 12.1. The van der Waals surface area contributed by atoms with Gasteiger partial charge >= 0.3 is 0 Å². The van der Waals surface area contributed by atoms with Crippen molar-refractivity contribution in [2.45, 2.75) is 6.17 Å². The monoisotopic (exact) mass is 318 g/mol. The highest BCUT2D eigenvalue weighted by Crippen LogP contribution is 2.38. The Labute approximate surface area is 133 Å². The fraction of sp³-hybridized carbons (Fsp3) is 0.188. The van der Waals surface area contributed by atoms with E-state index in [1.807, 2.05) is 18.2 Å². The van der Waals surface area contributed by atoms with Gasteiger partial charge in [-0.25, -0.2) is 0 Å². The van der Waals surface area contributed by atoms with Crippen LogP contribution in [-0.4, -0.2) is 20.1 Å². The first-order valence-corrected chi connectivity index (χ1v) is 7.09. The Morgan fingerprint density at radius 1 is 1.09 bits per heavy atom. The molecular weight excluding hydrogens is 304 g/mol. The summed E-state index contributed by atoms with van der Waals surface area (Å²) in [4.78, 5) is 12.2. The molecule has 0 saturated heterocycles. The van der Waals surface area contributed by atoms with Gasteiger partial charge in [-0.3, -0.25) is 4.79 Å². The number of para-hydroxylation sites is 1. The third-order valence-corrected chi connectivity index (χ3v) is 3.82. The van der Waals surface area contributed by atoms with E-state index < -0.39 is 0 Å². The fourth-order valence-corrected chi connectivity index (χ4v) is 2.77. The van der Waals surface area contributed by atoms with Gasteiger partial charge in [-0.1, -0.05) is 23.7 Å². The molecule has 0 radical (unpaired) electrons. The number of rotatable bonds is 3. The third kappa shape index (κ3) is 2.44. The molecule has 1 aliphatic rings. The van der Waals surface area contributed by atoms with Gasteiger partial charge in [-0.2, -0.15) is 0 Å². The summed E-state index contributed by atoms with van der Waals surface area (Å²) in [6, 6.07) is 10.9. The first-order chi connectivity index (χ1) is 10.6. The molecule has 0 aromatic heterocycles. The van der Waals surface area contributed by atoms with Gasteiger partial charge in [0.2, 0.25) is 0 Å². The maximum absolute atomic E-state index is 12.2. The van der Waals surface area contributed by atoms with Gasteiger partial charge in [0.15, 0.2) is 11.5 Å². The van der Waals surface area contributed by atoms with Crippen LogP contribution in [0.15, 0.2) is 36.4 Å². The summed E-state index contributed by atoms with van der Waals surface area (Å²) in [6.45, 7) is 0. The number of fused-ring (bicyclic) bond motifs is 1. The summed E-state index contributed by atoms with van der Waals surface area (Å²) in [6.07, 6.45) is -0.389. The SMILES string of the molecule is COc1cc(C2NC(=O)c3ccccc3N2)cc(Cl)c1OC. The van der Waals surface area contributed by atoms with Gasteiger partial charge in [0, 0.05) is 5.69 Å². The van der Waals surface area contributed by atoms with Crippen molar-refractivity contribution in [1.82, 2.24) is 5.32 Å². The molecular formula is C16H15ClN2O3. The Bertz CT molecular complexity index is 733. The van der Waals surface area contributed by atoms with E-state index in [9.17, 15) is 4.79 Å². The Balaban J connectivity index is 1.99. The predicted octanol–water partition coefficient (Wildman–Crippen LogP) is 3.21. The smallest absolute Gasteiger partial charge is 0.255 e. The molecule has 2 aromatic carbocycles. The lowest BCUT2D eigenvalue weighted by atomic mass is 10.1. The Morgan fingerprint density at radius 3 is 2.59 bits per heavy atom. The van der Waals surface area contributed by atoms with Crippen LogP contribution >= 0.6 is 11.6 Å². The molecule has 0 fully saturated rings. The van der Waals surface area contributed by atoms with Gasteiger partial charge in [0.25, 0.3) is 5.91 Å². The van der Waals surface area contributed by atoms with Crippen molar-refractivity contribution >= 4 is 23.2 Å². The predicted molar refractivity (Wildman–Crippen MR) is 84.8 cm³/mol. The quantitative estimate of drug-likeness (QED) is 0.912. The van der Waals surface area contributed by atoms with E-state index in [0.717, 1.165) is 11.3 Å². The van der Waals surface area contributed by atoms with Gasteiger partial charge < -0.3 is 20.1 Å². The Kier molecular flexibility index (Phi) is 3.81. The second-order valence-corrected chi connectivity index (χ2v) is 5.24. The molecule has 0 bridgehead atoms. The zero-order valence-corrected chi connectivity index (χ0v) is 12.9. The Hall–Kier alpha value is -2.40. The number of hydrogen-bond acceptors (Lipinski definition) is 4. The highest BCUT2D eigenvalue weighted by Gasteiger charge is 2.25. The standard InChI is InChI=1S/C16H15ClN2O3/c1-21-13-8-9(7-11(17)14(13)22-2)15-18-12-6-4-3-5-10(12)16(20)19-15/h3-8,15,18H,1-2H3,(H,19,20). The van der Waals surface area contributed by atoms with Crippen molar-refractivity contribution < 1.29 is 14.3 Å². The number of methoxy groups -OCH3 is 2. The van der Waals surface area contributed by atoms with E-state index >= 15 is 0 Å². The van der Waals surface area contributed by atoms with Crippen LogP contribution in [0.3, 0.4) is 0 Å². The molecule has 2 aromatic rings. The topological polar surface area (TPSA) is 59.6 Å². The number of hydrogen-bond donors (Lipinski definition) is 2. The van der Waals surface area contributed by atoms with Crippen molar-refractivity contribution in [3.05, 3.63) is 52.5 Å². The minimum Gasteiger partial charge on any atom is -0.493 e. The van der Waals surface area contributed by atoms with Crippen LogP contribution in [0.5, 0.6) is 11.5 Å². The van der Waals surface area contributed by atoms with Crippen LogP contribution in [0.4, 0.5) is 5.69 Å². The lowest BCUT2D eigenvalue weighted by molar-refractivity contribution is 0.0935. The molecule has 6 heteroatoms. The Morgan fingerprint density at radius 2 is 1.86 bits per heavy atom. The first-order valence-electron chi connectivity index (χ1n) is 6.72. The van der Waals surface area contributed by atoms with Gasteiger partial charge in [-0.15, -0.1) is 0 Å². The van der Waals surface area contributed by atoms with Crippen LogP contribution in [-0.2, 0) is 0 Å². The van der Waals surface area contributed by atoms with Crippen molar-refractivity contribution in [2.24, 2.45) is 0 Å². The summed E-state index contributed by atoms with van der Waals surface area (Å²) in [5.74, 6) is 0.848. The normalized spacial score (nSPS) is 16.3. The zero-order chi connectivity index (χ0) is 15.7. The molecule has 114 valence electrons. The second-order valence-electron chi connectivity index (χ2n) is 4.83. The summed E-state index contributed by atoms with van der Waals surface area (Å²) in [5.41, 5.74) is 2.18. The number of ether oxygens (including phenoxy) is 2. The number of carbonyl (C=O) groups excluding carboxylic acids is 1. The number of benzene rings is 2. The van der Waals surface area contributed by atoms with Gasteiger partial charge in [0.1, 0.15) is 6.17 Å². The minimum atomic E-state index is -0.389. The highest BCUT2D eigenvalue weighted by molar-refractivity contribution is 6.32. The lowest BCUT2D eigenvalue weighted by Crippen LogP contribution is -2.38. The van der Waals surface area contributed by atoms with Gasteiger partial charge in [-0.05, 0) is 29.8 Å². The van der Waals surface area contributed by atoms with E-state index in [1.165, 1.54) is 7.11 Å².